The van der Waals surface area contributed by atoms with E-state index in [1.165, 1.54) is 24.6 Å². The van der Waals surface area contributed by atoms with Crippen LogP contribution < -0.4 is 10.6 Å². The van der Waals surface area contributed by atoms with Gasteiger partial charge in [0, 0.05) is 29.6 Å². The molecule has 0 bridgehead atoms. The van der Waals surface area contributed by atoms with Crippen LogP contribution in [-0.2, 0) is 0 Å². The first-order valence-electron chi connectivity index (χ1n) is 11.1. The summed E-state index contributed by atoms with van der Waals surface area (Å²) in [5.74, 6) is 0.923. The molecular formula is C25H26Cl2N4S. The predicted molar refractivity (Wildman–Crippen MR) is 134 cm³/mol. The highest BCUT2D eigenvalue weighted by Gasteiger charge is 2.43. The Hall–Kier alpha value is -1.79. The van der Waals surface area contributed by atoms with Crippen molar-refractivity contribution in [2.24, 2.45) is 11.1 Å². The maximum atomic E-state index is 6.48. The van der Waals surface area contributed by atoms with Crippen LogP contribution in [0.4, 0.5) is 5.82 Å². The first-order valence-corrected chi connectivity index (χ1v) is 12.7. The van der Waals surface area contributed by atoms with Crippen LogP contribution in [0.3, 0.4) is 0 Å². The summed E-state index contributed by atoms with van der Waals surface area (Å²) >= 11 is 14.2. The van der Waals surface area contributed by atoms with Gasteiger partial charge < -0.3 is 10.6 Å². The van der Waals surface area contributed by atoms with E-state index in [2.05, 4.69) is 17.0 Å². The van der Waals surface area contributed by atoms with Crippen molar-refractivity contribution >= 4 is 40.8 Å². The summed E-state index contributed by atoms with van der Waals surface area (Å²) < 4.78 is 0. The fraction of sp³-hybridized carbons (Fsp3) is 0.360. The van der Waals surface area contributed by atoms with Crippen LogP contribution in [0.15, 0.2) is 64.6 Å². The second-order valence-electron chi connectivity index (χ2n) is 8.75. The molecule has 1 aliphatic carbocycles. The Morgan fingerprint density at radius 1 is 1.00 bits per heavy atom. The normalized spacial score (nSPS) is 20.1. The van der Waals surface area contributed by atoms with Gasteiger partial charge in [-0.05, 0) is 43.2 Å². The average Bonchev–Trinajstić information content (AvgIpc) is 3.17. The molecule has 2 aromatic carbocycles. The first kappa shape index (κ1) is 22.0. The van der Waals surface area contributed by atoms with Crippen LogP contribution in [0.2, 0.25) is 10.0 Å². The predicted octanol–water partition coefficient (Wildman–Crippen LogP) is 6.70. The Balaban J connectivity index is 1.45. The van der Waals surface area contributed by atoms with Crippen LogP contribution in [0, 0.1) is 5.41 Å². The van der Waals surface area contributed by atoms with Crippen molar-refractivity contribution in [2.75, 3.05) is 18.0 Å². The SMILES string of the molecule is NC1CCCC12CCN(c1cnc(Sc3cccc(Cl)c3Cl)c(-c3ccccc3)n1)CC2. The molecule has 7 heteroatoms. The third-order valence-corrected chi connectivity index (χ3v) is 8.94. The molecule has 1 atom stereocenters. The number of halogens is 2. The quantitative estimate of drug-likeness (QED) is 0.446. The lowest BCUT2D eigenvalue weighted by molar-refractivity contribution is 0.197. The summed E-state index contributed by atoms with van der Waals surface area (Å²) in [6.07, 6.45) is 7.84. The van der Waals surface area contributed by atoms with Gasteiger partial charge in [0.05, 0.1) is 16.2 Å². The fourth-order valence-electron chi connectivity index (χ4n) is 5.01. The van der Waals surface area contributed by atoms with E-state index in [0.29, 0.717) is 21.5 Å². The number of piperidine rings is 1. The maximum Gasteiger partial charge on any atom is 0.147 e. The second kappa shape index (κ2) is 9.22. The van der Waals surface area contributed by atoms with Crippen molar-refractivity contribution < 1.29 is 0 Å². The first-order chi connectivity index (χ1) is 15.6. The highest BCUT2D eigenvalue weighted by molar-refractivity contribution is 7.99. The van der Waals surface area contributed by atoms with Gasteiger partial charge in [-0.2, -0.15) is 0 Å². The Morgan fingerprint density at radius 2 is 1.78 bits per heavy atom. The Bertz CT molecular complexity index is 1100. The summed E-state index contributed by atoms with van der Waals surface area (Å²) in [4.78, 5) is 13.1. The molecule has 2 N–H and O–H groups in total. The van der Waals surface area contributed by atoms with Crippen molar-refractivity contribution in [3.8, 4) is 11.3 Å². The zero-order valence-corrected chi connectivity index (χ0v) is 20.1. The number of aromatic nitrogens is 2. The average molecular weight is 485 g/mol. The number of benzene rings is 2. The molecule has 166 valence electrons. The number of anilines is 1. The van der Waals surface area contributed by atoms with Gasteiger partial charge in [0.25, 0.3) is 0 Å². The van der Waals surface area contributed by atoms with E-state index >= 15 is 0 Å². The van der Waals surface area contributed by atoms with Crippen LogP contribution in [0.5, 0.6) is 0 Å². The lowest BCUT2D eigenvalue weighted by Gasteiger charge is -2.42. The van der Waals surface area contributed by atoms with Crippen LogP contribution in [-0.4, -0.2) is 29.1 Å². The number of rotatable bonds is 4. The van der Waals surface area contributed by atoms with Gasteiger partial charge in [0.2, 0.25) is 0 Å². The summed E-state index contributed by atoms with van der Waals surface area (Å²) in [6.45, 7) is 1.95. The number of hydrogen-bond acceptors (Lipinski definition) is 5. The third kappa shape index (κ3) is 4.24. The monoisotopic (exact) mass is 484 g/mol. The Kier molecular flexibility index (Phi) is 6.35. The highest BCUT2D eigenvalue weighted by Crippen LogP contribution is 2.46. The van der Waals surface area contributed by atoms with Gasteiger partial charge in [0.15, 0.2) is 0 Å². The lowest BCUT2D eigenvalue weighted by atomic mass is 9.74. The van der Waals surface area contributed by atoms with E-state index in [9.17, 15) is 0 Å². The van der Waals surface area contributed by atoms with Gasteiger partial charge in [-0.3, -0.25) is 0 Å². The zero-order valence-electron chi connectivity index (χ0n) is 17.8. The van der Waals surface area contributed by atoms with Gasteiger partial charge in [0.1, 0.15) is 16.5 Å². The highest BCUT2D eigenvalue weighted by atomic mass is 35.5. The van der Waals surface area contributed by atoms with Crippen molar-refractivity contribution in [1.82, 2.24) is 9.97 Å². The molecule has 32 heavy (non-hydrogen) atoms. The number of hydrogen-bond donors (Lipinski definition) is 1. The van der Waals surface area contributed by atoms with Crippen LogP contribution in [0.1, 0.15) is 32.1 Å². The van der Waals surface area contributed by atoms with Gasteiger partial charge in [-0.25, -0.2) is 9.97 Å². The molecule has 4 nitrogen and oxygen atoms in total. The molecule has 1 aromatic heterocycles. The molecule has 1 unspecified atom stereocenters. The third-order valence-electron chi connectivity index (χ3n) is 6.96. The van der Waals surface area contributed by atoms with Gasteiger partial charge in [-0.1, -0.05) is 77.8 Å². The molecule has 5 rings (SSSR count). The molecule has 2 fully saturated rings. The molecule has 0 amide bonds. The summed E-state index contributed by atoms with van der Waals surface area (Å²) in [5.41, 5.74) is 8.70. The Morgan fingerprint density at radius 3 is 2.50 bits per heavy atom. The molecule has 1 spiro atoms. The van der Waals surface area contributed by atoms with E-state index < -0.39 is 0 Å². The summed E-state index contributed by atoms with van der Waals surface area (Å²) in [5, 5.41) is 1.89. The molecule has 1 saturated heterocycles. The minimum absolute atomic E-state index is 0.325. The number of nitrogens with two attached hydrogens (primary N) is 1. The van der Waals surface area contributed by atoms with E-state index in [4.69, 9.17) is 38.9 Å². The molecule has 2 aliphatic rings. The van der Waals surface area contributed by atoms with Crippen molar-refractivity contribution in [3.63, 3.8) is 0 Å². The molecule has 1 saturated carbocycles. The van der Waals surface area contributed by atoms with Crippen molar-refractivity contribution in [1.29, 1.82) is 0 Å². The van der Waals surface area contributed by atoms with E-state index in [1.54, 1.807) is 6.07 Å². The topological polar surface area (TPSA) is 55.0 Å². The second-order valence-corrected chi connectivity index (χ2v) is 10.6. The standard InChI is InChI=1S/C25H26Cl2N4S/c26-18-8-4-9-19(22(18)27)32-24-23(17-6-2-1-3-7-17)30-21(16-29-24)31-14-12-25(13-15-31)11-5-10-20(25)28/h1-4,6-9,16,20H,5,10-15,28H2. The molecule has 1 aliphatic heterocycles. The van der Waals surface area contributed by atoms with Gasteiger partial charge >= 0.3 is 0 Å². The van der Waals surface area contributed by atoms with Gasteiger partial charge in [-0.15, -0.1) is 0 Å². The minimum Gasteiger partial charge on any atom is -0.355 e. The zero-order chi connectivity index (χ0) is 22.1. The molecule has 0 radical (unpaired) electrons. The molecule has 2 heterocycles. The van der Waals surface area contributed by atoms with Crippen molar-refractivity contribution in [3.05, 3.63) is 64.8 Å². The van der Waals surface area contributed by atoms with Crippen LogP contribution >= 0.6 is 35.0 Å². The smallest absolute Gasteiger partial charge is 0.147 e. The van der Waals surface area contributed by atoms with Crippen LogP contribution in [0.25, 0.3) is 11.3 Å². The van der Waals surface area contributed by atoms with E-state index in [0.717, 1.165) is 59.3 Å². The fourth-order valence-corrected chi connectivity index (χ4v) is 6.41. The maximum absolute atomic E-state index is 6.48. The largest absolute Gasteiger partial charge is 0.355 e. The van der Waals surface area contributed by atoms with Crippen molar-refractivity contribution in [2.45, 2.75) is 48.1 Å². The lowest BCUT2D eigenvalue weighted by Crippen LogP contribution is -2.47. The Labute approximate surface area is 203 Å². The van der Waals surface area contributed by atoms with E-state index in [1.807, 2.05) is 36.5 Å². The number of nitrogens with zero attached hydrogens (tertiary/aromatic N) is 3. The summed E-state index contributed by atoms with van der Waals surface area (Å²) in [6, 6.07) is 16.2. The molecular weight excluding hydrogens is 459 g/mol. The summed E-state index contributed by atoms with van der Waals surface area (Å²) in [7, 11) is 0. The molecule has 3 aromatic rings. The van der Waals surface area contributed by atoms with E-state index in [-0.39, 0.29) is 0 Å². The minimum atomic E-state index is 0.325.